The van der Waals surface area contributed by atoms with Gasteiger partial charge in [0.2, 0.25) is 5.91 Å². The van der Waals surface area contributed by atoms with Gasteiger partial charge in [-0.3, -0.25) is 10.1 Å². The minimum Gasteiger partial charge on any atom is -0.308 e. The van der Waals surface area contributed by atoms with E-state index in [1.807, 2.05) is 0 Å². The fourth-order valence-corrected chi connectivity index (χ4v) is 2.51. The van der Waals surface area contributed by atoms with Crippen LogP contribution in [0.2, 0.25) is 0 Å². The van der Waals surface area contributed by atoms with Gasteiger partial charge in [0.1, 0.15) is 0 Å². The van der Waals surface area contributed by atoms with E-state index in [2.05, 4.69) is 10.6 Å². The summed E-state index contributed by atoms with van der Waals surface area (Å²) in [7, 11) is 0. The normalized spacial score (nSPS) is 11.0. The highest BCUT2D eigenvalue weighted by Gasteiger charge is 2.30. The molecule has 0 aliphatic heterocycles. The van der Waals surface area contributed by atoms with Gasteiger partial charge in [0.05, 0.1) is 11.3 Å². The number of halogens is 3. The van der Waals surface area contributed by atoms with Crippen molar-refractivity contribution in [3.8, 4) is 0 Å². The molecule has 24 heavy (non-hydrogen) atoms. The third kappa shape index (κ3) is 5.62. The largest absolute Gasteiger partial charge is 0.416 e. The number of imide groups is 1. The van der Waals surface area contributed by atoms with Crippen LogP contribution in [0.15, 0.2) is 59.5 Å². The number of rotatable bonds is 4. The van der Waals surface area contributed by atoms with Crippen molar-refractivity contribution in [3.63, 3.8) is 0 Å². The molecule has 0 aliphatic rings. The zero-order valence-corrected chi connectivity index (χ0v) is 13.1. The summed E-state index contributed by atoms with van der Waals surface area (Å²) in [6, 6.07) is 12.5. The maximum absolute atomic E-state index is 12.6. The van der Waals surface area contributed by atoms with Gasteiger partial charge in [-0.15, -0.1) is 11.8 Å². The molecule has 0 saturated carbocycles. The molecule has 0 aliphatic carbocycles. The first-order valence-corrected chi connectivity index (χ1v) is 7.79. The predicted molar refractivity (Wildman–Crippen MR) is 85.8 cm³/mol. The van der Waals surface area contributed by atoms with Gasteiger partial charge in [-0.2, -0.15) is 13.2 Å². The SMILES string of the molecule is O=C(CSc1cccc(C(F)(F)F)c1)NC(=O)Nc1ccccc1. The Morgan fingerprint density at radius 1 is 1.00 bits per heavy atom. The minimum absolute atomic E-state index is 0.177. The molecule has 3 amide bonds. The average molecular weight is 354 g/mol. The zero-order chi connectivity index (χ0) is 17.6. The fraction of sp³-hybridized carbons (Fsp3) is 0.125. The summed E-state index contributed by atoms with van der Waals surface area (Å²) in [6.07, 6.45) is -4.44. The molecule has 2 rings (SSSR count). The van der Waals surface area contributed by atoms with Crippen molar-refractivity contribution in [2.24, 2.45) is 0 Å². The van der Waals surface area contributed by atoms with Gasteiger partial charge < -0.3 is 5.32 Å². The number of alkyl halides is 3. The minimum atomic E-state index is -4.44. The Kier molecular flexibility index (Phi) is 5.86. The lowest BCUT2D eigenvalue weighted by atomic mass is 10.2. The lowest BCUT2D eigenvalue weighted by molar-refractivity contribution is -0.137. The van der Waals surface area contributed by atoms with Crippen molar-refractivity contribution in [3.05, 3.63) is 60.2 Å². The lowest BCUT2D eigenvalue weighted by Crippen LogP contribution is -2.35. The summed E-state index contributed by atoms with van der Waals surface area (Å²) in [4.78, 5) is 23.6. The number of anilines is 1. The summed E-state index contributed by atoms with van der Waals surface area (Å²) < 4.78 is 37.8. The molecule has 0 bridgehead atoms. The van der Waals surface area contributed by atoms with Gasteiger partial charge in [-0.25, -0.2) is 4.79 Å². The second-order valence-electron chi connectivity index (χ2n) is 4.68. The van der Waals surface area contributed by atoms with Gasteiger partial charge in [-0.05, 0) is 30.3 Å². The number of urea groups is 1. The predicted octanol–water partition coefficient (Wildman–Crippen LogP) is 4.15. The number of carbonyl (C=O) groups excluding carboxylic acids is 2. The maximum atomic E-state index is 12.6. The van der Waals surface area contributed by atoms with Crippen LogP contribution in [0.25, 0.3) is 0 Å². The van der Waals surface area contributed by atoms with Crippen molar-refractivity contribution in [2.75, 3.05) is 11.1 Å². The molecule has 0 spiro atoms. The van der Waals surface area contributed by atoms with E-state index in [4.69, 9.17) is 0 Å². The summed E-state index contributed by atoms with van der Waals surface area (Å²) in [6.45, 7) is 0. The van der Waals surface area contributed by atoms with Crippen LogP contribution < -0.4 is 10.6 Å². The highest BCUT2D eigenvalue weighted by molar-refractivity contribution is 8.00. The highest BCUT2D eigenvalue weighted by atomic mass is 32.2. The summed E-state index contributed by atoms with van der Waals surface area (Å²) in [5.74, 6) is -0.783. The molecule has 0 radical (unpaired) electrons. The number of hydrogen-bond acceptors (Lipinski definition) is 3. The Labute approximate surface area is 140 Å². The third-order valence-electron chi connectivity index (χ3n) is 2.82. The van der Waals surface area contributed by atoms with E-state index >= 15 is 0 Å². The van der Waals surface area contributed by atoms with Crippen molar-refractivity contribution in [1.82, 2.24) is 5.32 Å². The molecule has 0 unspecified atom stereocenters. The van der Waals surface area contributed by atoms with Crippen molar-refractivity contribution < 1.29 is 22.8 Å². The topological polar surface area (TPSA) is 58.2 Å². The third-order valence-corrected chi connectivity index (χ3v) is 3.81. The van der Waals surface area contributed by atoms with Crippen LogP contribution in [-0.4, -0.2) is 17.7 Å². The number of benzene rings is 2. The van der Waals surface area contributed by atoms with E-state index in [-0.39, 0.29) is 5.75 Å². The van der Waals surface area contributed by atoms with E-state index in [9.17, 15) is 22.8 Å². The van der Waals surface area contributed by atoms with Crippen LogP contribution in [0, 0.1) is 0 Å². The quantitative estimate of drug-likeness (QED) is 0.811. The monoisotopic (exact) mass is 354 g/mol. The molecule has 8 heteroatoms. The molecule has 2 N–H and O–H groups in total. The molecule has 2 aromatic carbocycles. The van der Waals surface area contributed by atoms with E-state index < -0.39 is 23.7 Å². The average Bonchev–Trinajstić information content (AvgIpc) is 2.53. The molecule has 0 atom stereocenters. The molecular formula is C16H13F3N2O2S. The Hall–Kier alpha value is -2.48. The summed E-state index contributed by atoms with van der Waals surface area (Å²) in [5, 5.41) is 4.58. The van der Waals surface area contributed by atoms with Crippen LogP contribution in [-0.2, 0) is 11.0 Å². The van der Waals surface area contributed by atoms with E-state index in [1.165, 1.54) is 12.1 Å². The Balaban J connectivity index is 1.84. The Bertz CT molecular complexity index is 721. The number of thioether (sulfide) groups is 1. The van der Waals surface area contributed by atoms with Crippen LogP contribution in [0.4, 0.5) is 23.7 Å². The number of nitrogens with one attached hydrogen (secondary N) is 2. The van der Waals surface area contributed by atoms with Crippen molar-refractivity contribution in [1.29, 1.82) is 0 Å². The number of hydrogen-bond donors (Lipinski definition) is 2. The standard InChI is InChI=1S/C16H13F3N2O2S/c17-16(18,19)11-5-4-8-13(9-11)24-10-14(22)21-15(23)20-12-6-2-1-3-7-12/h1-9H,10H2,(H2,20,21,22,23). The fourth-order valence-electron chi connectivity index (χ4n) is 1.76. The van der Waals surface area contributed by atoms with Crippen LogP contribution in [0.1, 0.15) is 5.56 Å². The second kappa shape index (κ2) is 7.87. The maximum Gasteiger partial charge on any atom is 0.416 e. The number of amides is 3. The summed E-state index contributed by atoms with van der Waals surface area (Å²) in [5.41, 5.74) is -0.261. The molecule has 126 valence electrons. The first-order chi connectivity index (χ1) is 11.3. The molecule has 0 fully saturated rings. The number of para-hydroxylation sites is 1. The molecule has 2 aromatic rings. The van der Waals surface area contributed by atoms with E-state index in [0.29, 0.717) is 10.6 Å². The number of carbonyl (C=O) groups is 2. The lowest BCUT2D eigenvalue weighted by Gasteiger charge is -2.09. The van der Waals surface area contributed by atoms with Crippen molar-refractivity contribution in [2.45, 2.75) is 11.1 Å². The first-order valence-electron chi connectivity index (χ1n) is 6.80. The van der Waals surface area contributed by atoms with E-state index in [1.54, 1.807) is 30.3 Å². The first kappa shape index (κ1) is 17.9. The van der Waals surface area contributed by atoms with Gasteiger partial charge in [0.25, 0.3) is 0 Å². The Morgan fingerprint density at radius 2 is 1.71 bits per heavy atom. The van der Waals surface area contributed by atoms with Gasteiger partial charge >= 0.3 is 12.2 Å². The smallest absolute Gasteiger partial charge is 0.308 e. The van der Waals surface area contributed by atoms with Gasteiger partial charge in [-0.1, -0.05) is 24.3 Å². The molecule has 0 saturated heterocycles. The van der Waals surface area contributed by atoms with Crippen LogP contribution >= 0.6 is 11.8 Å². The molecule has 0 aromatic heterocycles. The van der Waals surface area contributed by atoms with Gasteiger partial charge in [0.15, 0.2) is 0 Å². The van der Waals surface area contributed by atoms with E-state index in [0.717, 1.165) is 23.9 Å². The zero-order valence-electron chi connectivity index (χ0n) is 12.3. The second-order valence-corrected chi connectivity index (χ2v) is 5.73. The molecule has 0 heterocycles. The van der Waals surface area contributed by atoms with Crippen molar-refractivity contribution >= 4 is 29.4 Å². The highest BCUT2D eigenvalue weighted by Crippen LogP contribution is 2.31. The van der Waals surface area contributed by atoms with Gasteiger partial charge in [0, 0.05) is 10.6 Å². The molecule has 4 nitrogen and oxygen atoms in total. The van der Waals surface area contributed by atoms with Crippen LogP contribution in [0.5, 0.6) is 0 Å². The Morgan fingerprint density at radius 3 is 2.38 bits per heavy atom. The van der Waals surface area contributed by atoms with Crippen LogP contribution in [0.3, 0.4) is 0 Å². The molecular weight excluding hydrogens is 341 g/mol. The summed E-state index contributed by atoms with van der Waals surface area (Å²) >= 11 is 0.915.